The standard InChI is InChI=1S/C12H12N4O5/c1-5(17)13-12-14-10(21)8-4-9(20)15(6(2)18)11(8)16(12)7(3)19/h4H2,1-3H3,(H,13,14,17,21). The van der Waals surface area contributed by atoms with Crippen LogP contribution in [-0.4, -0.2) is 33.2 Å². The summed E-state index contributed by atoms with van der Waals surface area (Å²) in [7, 11) is 0. The molecule has 0 unspecified atom stereocenters. The minimum atomic E-state index is -0.761. The number of carbonyl (C=O) groups is 4. The second-order valence-corrected chi connectivity index (χ2v) is 4.50. The quantitative estimate of drug-likeness (QED) is 0.731. The topological polar surface area (TPSA) is 118 Å². The first-order chi connectivity index (χ1) is 9.73. The van der Waals surface area contributed by atoms with Gasteiger partial charge < -0.3 is 0 Å². The number of imide groups is 1. The van der Waals surface area contributed by atoms with Crippen molar-refractivity contribution >= 4 is 35.4 Å². The molecule has 1 aromatic rings. The molecule has 2 rings (SSSR count). The third-order valence-corrected chi connectivity index (χ3v) is 2.87. The molecule has 2 heterocycles. The zero-order chi connectivity index (χ0) is 15.9. The largest absolute Gasteiger partial charge is 0.296 e. The first-order valence-corrected chi connectivity index (χ1v) is 6.02. The number of fused-ring (bicyclic) bond motifs is 1. The van der Waals surface area contributed by atoms with E-state index < -0.39 is 29.2 Å². The van der Waals surface area contributed by atoms with Gasteiger partial charge in [-0.2, -0.15) is 4.98 Å². The summed E-state index contributed by atoms with van der Waals surface area (Å²) in [5, 5.41) is 2.24. The van der Waals surface area contributed by atoms with Crippen molar-refractivity contribution in [2.75, 3.05) is 10.2 Å². The van der Waals surface area contributed by atoms with Crippen molar-refractivity contribution in [2.24, 2.45) is 0 Å². The number of nitrogens with one attached hydrogen (secondary N) is 1. The highest BCUT2D eigenvalue weighted by atomic mass is 16.2. The predicted molar refractivity (Wildman–Crippen MR) is 71.0 cm³/mol. The lowest BCUT2D eigenvalue weighted by Gasteiger charge is -2.19. The summed E-state index contributed by atoms with van der Waals surface area (Å²) < 4.78 is 0.879. The van der Waals surface area contributed by atoms with E-state index in [0.717, 1.165) is 16.4 Å². The van der Waals surface area contributed by atoms with Crippen LogP contribution in [-0.2, 0) is 20.8 Å². The molecule has 9 nitrogen and oxygen atoms in total. The molecule has 0 aliphatic carbocycles. The fourth-order valence-corrected chi connectivity index (χ4v) is 2.15. The van der Waals surface area contributed by atoms with Crippen LogP contribution in [0.15, 0.2) is 4.79 Å². The van der Waals surface area contributed by atoms with Gasteiger partial charge in [-0.1, -0.05) is 0 Å². The maximum absolute atomic E-state index is 11.9. The zero-order valence-corrected chi connectivity index (χ0v) is 11.6. The van der Waals surface area contributed by atoms with E-state index in [0.29, 0.717) is 0 Å². The molecule has 0 saturated carbocycles. The summed E-state index contributed by atoms with van der Waals surface area (Å²) in [5.41, 5.74) is -0.803. The van der Waals surface area contributed by atoms with Crippen molar-refractivity contribution in [3.8, 4) is 0 Å². The molecule has 0 atom stereocenters. The lowest BCUT2D eigenvalue weighted by atomic mass is 10.2. The average Bonchev–Trinajstić information content (AvgIpc) is 2.65. The molecule has 0 saturated heterocycles. The Morgan fingerprint density at radius 1 is 1.10 bits per heavy atom. The van der Waals surface area contributed by atoms with Gasteiger partial charge in [0, 0.05) is 20.8 Å². The SMILES string of the molecule is CC(=O)Nc1nc(=O)c2c(n1C(C)=O)N(C(C)=O)C(=O)C2. The molecule has 110 valence electrons. The maximum Gasteiger partial charge on any atom is 0.280 e. The maximum atomic E-state index is 11.9. The number of carbonyl (C=O) groups excluding carboxylic acids is 4. The lowest BCUT2D eigenvalue weighted by Crippen LogP contribution is -2.35. The summed E-state index contributed by atoms with van der Waals surface area (Å²) >= 11 is 0. The zero-order valence-electron chi connectivity index (χ0n) is 11.6. The molecule has 0 spiro atoms. The van der Waals surface area contributed by atoms with Gasteiger partial charge in [-0.05, 0) is 0 Å². The number of hydrogen-bond donors (Lipinski definition) is 1. The Morgan fingerprint density at radius 3 is 2.19 bits per heavy atom. The second kappa shape index (κ2) is 4.93. The number of nitrogens with zero attached hydrogens (tertiary/aromatic N) is 3. The third kappa shape index (κ3) is 2.33. The van der Waals surface area contributed by atoms with E-state index >= 15 is 0 Å². The van der Waals surface area contributed by atoms with Crippen molar-refractivity contribution in [3.63, 3.8) is 0 Å². The Kier molecular flexibility index (Phi) is 3.42. The minimum absolute atomic E-state index is 0.0421. The van der Waals surface area contributed by atoms with Crippen LogP contribution >= 0.6 is 0 Å². The molecule has 1 N–H and O–H groups in total. The molecular formula is C12H12N4O5. The molecule has 9 heteroatoms. The molecule has 21 heavy (non-hydrogen) atoms. The van der Waals surface area contributed by atoms with Crippen LogP contribution in [0.1, 0.15) is 31.1 Å². The molecule has 0 bridgehead atoms. The summed E-state index contributed by atoms with van der Waals surface area (Å²) in [6.07, 6.45) is -0.311. The molecule has 0 radical (unpaired) electrons. The highest BCUT2D eigenvalue weighted by Crippen LogP contribution is 2.28. The van der Waals surface area contributed by atoms with Gasteiger partial charge in [-0.3, -0.25) is 29.3 Å². The van der Waals surface area contributed by atoms with E-state index in [2.05, 4.69) is 10.3 Å². The first-order valence-electron chi connectivity index (χ1n) is 6.02. The van der Waals surface area contributed by atoms with Crippen molar-refractivity contribution in [3.05, 3.63) is 15.9 Å². The first kappa shape index (κ1) is 14.6. The van der Waals surface area contributed by atoms with Gasteiger partial charge in [0.15, 0.2) is 0 Å². The van der Waals surface area contributed by atoms with Crippen LogP contribution in [0, 0.1) is 0 Å². The van der Waals surface area contributed by atoms with Gasteiger partial charge in [-0.25, -0.2) is 9.47 Å². The molecule has 1 aromatic heterocycles. The van der Waals surface area contributed by atoms with Crippen LogP contribution in [0.5, 0.6) is 0 Å². The molecule has 3 amide bonds. The van der Waals surface area contributed by atoms with Crippen molar-refractivity contribution in [1.29, 1.82) is 0 Å². The number of aromatic nitrogens is 2. The van der Waals surface area contributed by atoms with E-state index in [1.165, 1.54) is 13.8 Å². The van der Waals surface area contributed by atoms with Crippen LogP contribution in [0.3, 0.4) is 0 Å². The normalized spacial score (nSPS) is 13.1. The van der Waals surface area contributed by atoms with E-state index in [4.69, 9.17) is 0 Å². The van der Waals surface area contributed by atoms with E-state index in [9.17, 15) is 24.0 Å². The smallest absolute Gasteiger partial charge is 0.280 e. The Morgan fingerprint density at radius 2 is 1.71 bits per heavy atom. The highest BCUT2D eigenvalue weighted by Gasteiger charge is 2.37. The molecule has 1 aliphatic heterocycles. The lowest BCUT2D eigenvalue weighted by molar-refractivity contribution is -0.124. The van der Waals surface area contributed by atoms with Crippen molar-refractivity contribution in [1.82, 2.24) is 9.55 Å². The molecule has 0 fully saturated rings. The third-order valence-electron chi connectivity index (χ3n) is 2.87. The molecule has 1 aliphatic rings. The van der Waals surface area contributed by atoms with Gasteiger partial charge in [-0.15, -0.1) is 0 Å². The van der Waals surface area contributed by atoms with Crippen LogP contribution in [0.2, 0.25) is 0 Å². The highest BCUT2D eigenvalue weighted by molar-refractivity contribution is 6.18. The van der Waals surface area contributed by atoms with Crippen LogP contribution < -0.4 is 15.8 Å². The van der Waals surface area contributed by atoms with Gasteiger partial charge in [0.2, 0.25) is 29.6 Å². The summed E-state index contributed by atoms with van der Waals surface area (Å²) in [5.74, 6) is -2.86. The van der Waals surface area contributed by atoms with Gasteiger partial charge in [0.05, 0.1) is 12.0 Å². The fourth-order valence-electron chi connectivity index (χ4n) is 2.15. The Hall–Kier alpha value is -2.84. The average molecular weight is 292 g/mol. The van der Waals surface area contributed by atoms with Gasteiger partial charge >= 0.3 is 0 Å². The van der Waals surface area contributed by atoms with Crippen molar-refractivity contribution < 1.29 is 19.2 Å². The summed E-state index contributed by atoms with van der Waals surface area (Å²) in [6, 6.07) is 0. The number of hydrogen-bond acceptors (Lipinski definition) is 6. The summed E-state index contributed by atoms with van der Waals surface area (Å²) in [6.45, 7) is 3.48. The number of rotatable bonds is 1. The second-order valence-electron chi connectivity index (χ2n) is 4.50. The van der Waals surface area contributed by atoms with Crippen molar-refractivity contribution in [2.45, 2.75) is 27.2 Å². The minimum Gasteiger partial charge on any atom is -0.296 e. The Bertz CT molecular complexity index is 749. The fraction of sp³-hybridized carbons (Fsp3) is 0.333. The predicted octanol–water partition coefficient (Wildman–Crippen LogP) is -0.703. The van der Waals surface area contributed by atoms with E-state index in [1.54, 1.807) is 0 Å². The monoisotopic (exact) mass is 292 g/mol. The number of anilines is 2. The summed E-state index contributed by atoms with van der Waals surface area (Å²) in [4.78, 5) is 62.7. The van der Waals surface area contributed by atoms with Crippen LogP contribution in [0.4, 0.5) is 11.8 Å². The molecule has 0 aromatic carbocycles. The van der Waals surface area contributed by atoms with Gasteiger partial charge in [0.1, 0.15) is 5.82 Å². The Labute approximate surface area is 118 Å². The number of amides is 3. The molecular weight excluding hydrogens is 280 g/mol. The van der Waals surface area contributed by atoms with Crippen LogP contribution in [0.25, 0.3) is 0 Å². The van der Waals surface area contributed by atoms with Gasteiger partial charge in [0.25, 0.3) is 5.56 Å². The Balaban J connectivity index is 2.83. The van der Waals surface area contributed by atoms with E-state index in [1.807, 2.05) is 0 Å². The van der Waals surface area contributed by atoms with E-state index in [-0.39, 0.29) is 23.8 Å².